The predicted molar refractivity (Wildman–Crippen MR) is 124 cm³/mol. The summed E-state index contributed by atoms with van der Waals surface area (Å²) in [5.74, 6) is -0.0958. The molecule has 2 amide bonds. The molecule has 0 radical (unpaired) electrons. The second-order valence-corrected chi connectivity index (χ2v) is 7.71. The molecule has 0 bridgehead atoms. The van der Waals surface area contributed by atoms with Crippen LogP contribution in [0.2, 0.25) is 0 Å². The van der Waals surface area contributed by atoms with Crippen molar-refractivity contribution in [2.75, 3.05) is 24.8 Å². The molecule has 4 rings (SSSR count). The highest BCUT2D eigenvalue weighted by Gasteiger charge is 2.30. The number of methoxy groups -OCH3 is 1. The molecule has 34 heavy (non-hydrogen) atoms. The van der Waals surface area contributed by atoms with Crippen molar-refractivity contribution in [1.29, 1.82) is 0 Å². The van der Waals surface area contributed by atoms with Crippen molar-refractivity contribution in [3.63, 3.8) is 0 Å². The van der Waals surface area contributed by atoms with Gasteiger partial charge in [-0.1, -0.05) is 6.07 Å². The molecule has 0 aliphatic heterocycles. The fourth-order valence-electron chi connectivity index (χ4n) is 3.27. The maximum atomic E-state index is 12.4. The molecule has 1 aromatic carbocycles. The zero-order valence-electron chi connectivity index (χ0n) is 18.9. The van der Waals surface area contributed by atoms with Crippen LogP contribution in [0.3, 0.4) is 0 Å². The summed E-state index contributed by atoms with van der Waals surface area (Å²) in [7, 11) is 2.99. The zero-order valence-corrected chi connectivity index (χ0v) is 18.9. The number of Topliss-reactive ketones (excluding diaryl/α,β-unsaturated/α-hetero) is 1. The van der Waals surface area contributed by atoms with Gasteiger partial charge in [0, 0.05) is 31.5 Å². The van der Waals surface area contributed by atoms with Crippen LogP contribution >= 0.6 is 0 Å². The minimum Gasteiger partial charge on any atom is -0.494 e. The number of ketones is 1. The molecule has 0 saturated heterocycles. The molecule has 0 spiro atoms. The lowest BCUT2D eigenvalue weighted by Crippen LogP contribution is -2.22. The fourth-order valence-corrected chi connectivity index (χ4v) is 3.27. The molecule has 3 aromatic rings. The van der Waals surface area contributed by atoms with Gasteiger partial charge in [-0.15, -0.1) is 20.4 Å². The Morgan fingerprint density at radius 1 is 1.00 bits per heavy atom. The van der Waals surface area contributed by atoms with Gasteiger partial charge in [-0.2, -0.15) is 0 Å². The van der Waals surface area contributed by atoms with Crippen LogP contribution in [0.1, 0.15) is 40.7 Å². The van der Waals surface area contributed by atoms with Crippen molar-refractivity contribution in [3.05, 3.63) is 47.8 Å². The Labute approximate surface area is 195 Å². The number of benzene rings is 1. The monoisotopic (exact) mass is 461 g/mol. The highest BCUT2D eigenvalue weighted by Crippen LogP contribution is 2.37. The van der Waals surface area contributed by atoms with Gasteiger partial charge in [-0.05, 0) is 37.1 Å². The normalized spacial score (nSPS) is 12.6. The number of carbonyl (C=O) groups excluding carboxylic acids is 3. The number of hydrogen-bond acceptors (Lipinski definition) is 9. The van der Waals surface area contributed by atoms with Gasteiger partial charge < -0.3 is 20.7 Å². The van der Waals surface area contributed by atoms with Crippen LogP contribution in [0.15, 0.2) is 36.4 Å². The quantitative estimate of drug-likeness (QED) is 0.430. The molecule has 174 valence electrons. The number of aromatic nitrogens is 4. The minimum absolute atomic E-state index is 0.0101. The lowest BCUT2D eigenvalue weighted by molar-refractivity contribution is -0.117. The lowest BCUT2D eigenvalue weighted by atomic mass is 10.1. The first kappa shape index (κ1) is 22.8. The molecular weight excluding hydrogens is 438 g/mol. The Morgan fingerprint density at radius 3 is 2.41 bits per heavy atom. The number of nitrogens with one attached hydrogen (secondary N) is 3. The lowest BCUT2D eigenvalue weighted by Gasteiger charge is -2.16. The van der Waals surface area contributed by atoms with Crippen molar-refractivity contribution < 1.29 is 19.1 Å². The molecule has 2 aromatic heterocycles. The second-order valence-electron chi connectivity index (χ2n) is 7.71. The summed E-state index contributed by atoms with van der Waals surface area (Å²) in [5, 5.41) is 24.5. The van der Waals surface area contributed by atoms with Crippen LogP contribution in [0.25, 0.3) is 11.3 Å². The molecule has 1 aliphatic carbocycles. The summed E-state index contributed by atoms with van der Waals surface area (Å²) in [6.45, 7) is 1.42. The maximum Gasteiger partial charge on any atom is 0.273 e. The van der Waals surface area contributed by atoms with E-state index < -0.39 is 5.91 Å². The van der Waals surface area contributed by atoms with Crippen molar-refractivity contribution in [1.82, 2.24) is 25.7 Å². The molecule has 1 fully saturated rings. The standard InChI is InChI=1S/C23H23N7O4/c1-12(31)15-9-10-16(28-27-15)14-5-4-6-17(21(14)34-3)25-18-11-19(26-22(32)13-7-8-13)29-30-20(18)23(33)24-2/h4-6,9-11,13H,7-8H2,1-3H3,(H,24,33)(H2,25,26,29,32). The number of anilines is 3. The summed E-state index contributed by atoms with van der Waals surface area (Å²) in [4.78, 5) is 36.1. The molecule has 11 heteroatoms. The van der Waals surface area contributed by atoms with E-state index in [1.165, 1.54) is 21.1 Å². The second kappa shape index (κ2) is 9.61. The molecule has 11 nitrogen and oxygen atoms in total. The van der Waals surface area contributed by atoms with E-state index in [4.69, 9.17) is 4.74 Å². The third-order valence-corrected chi connectivity index (χ3v) is 5.23. The predicted octanol–water partition coefficient (Wildman–Crippen LogP) is 2.60. The third-order valence-electron chi connectivity index (χ3n) is 5.23. The average molecular weight is 461 g/mol. The maximum absolute atomic E-state index is 12.4. The summed E-state index contributed by atoms with van der Waals surface area (Å²) in [6, 6.07) is 10.2. The van der Waals surface area contributed by atoms with Crippen molar-refractivity contribution >= 4 is 34.8 Å². The molecule has 3 N–H and O–H groups in total. The van der Waals surface area contributed by atoms with E-state index in [0.717, 1.165) is 12.8 Å². The van der Waals surface area contributed by atoms with Crippen LogP contribution < -0.4 is 20.7 Å². The molecule has 0 unspecified atom stereocenters. The van der Waals surface area contributed by atoms with E-state index in [9.17, 15) is 14.4 Å². The number of rotatable bonds is 8. The Bertz CT molecular complexity index is 1260. The van der Waals surface area contributed by atoms with Gasteiger partial charge >= 0.3 is 0 Å². The molecule has 1 saturated carbocycles. The van der Waals surface area contributed by atoms with Gasteiger partial charge in [0.2, 0.25) is 5.91 Å². The van der Waals surface area contributed by atoms with Crippen LogP contribution in [0.4, 0.5) is 17.2 Å². The number of carbonyl (C=O) groups is 3. The molecular formula is C23H23N7O4. The van der Waals surface area contributed by atoms with Gasteiger partial charge in [0.25, 0.3) is 5.91 Å². The van der Waals surface area contributed by atoms with Crippen molar-refractivity contribution in [2.45, 2.75) is 19.8 Å². The molecule has 1 aliphatic rings. The van der Waals surface area contributed by atoms with E-state index in [1.807, 2.05) is 0 Å². The number of para-hydroxylation sites is 1. The zero-order chi connectivity index (χ0) is 24.2. The molecule has 2 heterocycles. The number of ether oxygens (including phenoxy) is 1. The average Bonchev–Trinajstić information content (AvgIpc) is 3.69. The third kappa shape index (κ3) is 4.82. The van der Waals surface area contributed by atoms with Crippen LogP contribution in [0, 0.1) is 5.92 Å². The summed E-state index contributed by atoms with van der Waals surface area (Å²) in [6.07, 6.45) is 1.70. The first-order chi connectivity index (χ1) is 16.4. The Balaban J connectivity index is 1.70. The van der Waals surface area contributed by atoms with E-state index in [0.29, 0.717) is 28.4 Å². The fraction of sp³-hybridized carbons (Fsp3) is 0.261. The molecule has 0 atom stereocenters. The first-order valence-electron chi connectivity index (χ1n) is 10.6. The topological polar surface area (TPSA) is 148 Å². The van der Waals surface area contributed by atoms with E-state index >= 15 is 0 Å². The van der Waals surface area contributed by atoms with Gasteiger partial charge in [0.1, 0.15) is 5.69 Å². The highest BCUT2D eigenvalue weighted by atomic mass is 16.5. The van der Waals surface area contributed by atoms with E-state index in [-0.39, 0.29) is 34.8 Å². The highest BCUT2D eigenvalue weighted by molar-refractivity contribution is 6.00. The van der Waals surface area contributed by atoms with Gasteiger partial charge in [0.15, 0.2) is 23.0 Å². The van der Waals surface area contributed by atoms with Crippen molar-refractivity contribution in [2.24, 2.45) is 5.92 Å². The number of amides is 2. The van der Waals surface area contributed by atoms with Crippen LogP contribution in [-0.4, -0.2) is 52.1 Å². The summed E-state index contributed by atoms with van der Waals surface area (Å²) < 4.78 is 5.64. The summed E-state index contributed by atoms with van der Waals surface area (Å²) in [5.41, 5.74) is 2.29. The number of nitrogens with zero attached hydrogens (tertiary/aromatic N) is 4. The smallest absolute Gasteiger partial charge is 0.273 e. The largest absolute Gasteiger partial charge is 0.494 e. The SMILES string of the molecule is CNC(=O)c1nnc(NC(=O)C2CC2)cc1Nc1cccc(-c2ccc(C(C)=O)nn2)c1OC. The Kier molecular flexibility index (Phi) is 6.44. The first-order valence-corrected chi connectivity index (χ1v) is 10.6. The van der Waals surface area contributed by atoms with Crippen LogP contribution in [-0.2, 0) is 4.79 Å². The minimum atomic E-state index is -0.448. The Hall–Kier alpha value is -4.41. The number of hydrogen-bond donors (Lipinski definition) is 3. The van der Waals surface area contributed by atoms with E-state index in [2.05, 4.69) is 36.3 Å². The Morgan fingerprint density at radius 2 is 1.79 bits per heavy atom. The summed E-state index contributed by atoms with van der Waals surface area (Å²) >= 11 is 0. The van der Waals surface area contributed by atoms with Gasteiger partial charge in [-0.3, -0.25) is 14.4 Å². The van der Waals surface area contributed by atoms with Gasteiger partial charge in [0.05, 0.1) is 24.2 Å². The van der Waals surface area contributed by atoms with Crippen molar-refractivity contribution in [3.8, 4) is 17.0 Å². The van der Waals surface area contributed by atoms with Crippen LogP contribution in [0.5, 0.6) is 5.75 Å². The van der Waals surface area contributed by atoms with Gasteiger partial charge in [-0.25, -0.2) is 0 Å². The van der Waals surface area contributed by atoms with E-state index in [1.54, 1.807) is 36.4 Å².